The van der Waals surface area contributed by atoms with Crippen molar-refractivity contribution in [3.8, 4) is 0 Å². The Kier molecular flexibility index (Phi) is 6.71. The van der Waals surface area contributed by atoms with E-state index in [9.17, 15) is 9.59 Å². The summed E-state index contributed by atoms with van der Waals surface area (Å²) in [5.74, 6) is -0.569. The summed E-state index contributed by atoms with van der Waals surface area (Å²) in [5.41, 5.74) is 4.36. The maximum absolute atomic E-state index is 12.2. The highest BCUT2D eigenvalue weighted by Crippen LogP contribution is 2.19. The van der Waals surface area contributed by atoms with Crippen molar-refractivity contribution in [1.82, 2.24) is 5.32 Å². The highest BCUT2D eigenvalue weighted by atomic mass is 16.5. The lowest BCUT2D eigenvalue weighted by atomic mass is 10.1. The average Bonchev–Trinajstić information content (AvgIpc) is 2.61. The maximum Gasteiger partial charge on any atom is 0.337 e. The van der Waals surface area contributed by atoms with Crippen molar-refractivity contribution in [2.24, 2.45) is 0 Å². The van der Waals surface area contributed by atoms with Crippen LogP contribution in [-0.2, 0) is 22.5 Å². The molecule has 0 aliphatic heterocycles. The molecule has 0 bridgehead atoms. The lowest BCUT2D eigenvalue weighted by molar-refractivity contribution is -0.115. The summed E-state index contributed by atoms with van der Waals surface area (Å²) in [6, 6.07) is 13.3. The molecule has 2 N–H and O–H groups in total. The van der Waals surface area contributed by atoms with Crippen molar-refractivity contribution in [1.29, 1.82) is 0 Å². The standard InChI is InChI=1S/C20H24N2O3/c1-4-16-8-9-17(20(24)25-3)11-18(16)22-19(23)13-21-12-15-7-5-6-14(2)10-15/h5-11,21H,4,12-13H2,1-3H3,(H,22,23). The van der Waals surface area contributed by atoms with Gasteiger partial charge in [-0.15, -0.1) is 0 Å². The van der Waals surface area contributed by atoms with Gasteiger partial charge in [0.15, 0.2) is 0 Å². The number of rotatable bonds is 7. The number of benzene rings is 2. The second kappa shape index (κ2) is 8.99. The number of carbonyl (C=O) groups is 2. The summed E-state index contributed by atoms with van der Waals surface area (Å²) in [4.78, 5) is 23.9. The van der Waals surface area contributed by atoms with Crippen LogP contribution in [0.2, 0.25) is 0 Å². The molecule has 0 aromatic heterocycles. The third-order valence-electron chi connectivity index (χ3n) is 3.88. The first-order valence-electron chi connectivity index (χ1n) is 8.30. The number of esters is 1. The van der Waals surface area contributed by atoms with Gasteiger partial charge < -0.3 is 15.4 Å². The van der Waals surface area contributed by atoms with Crippen molar-refractivity contribution >= 4 is 17.6 Å². The van der Waals surface area contributed by atoms with E-state index in [4.69, 9.17) is 4.74 Å². The SMILES string of the molecule is CCc1ccc(C(=O)OC)cc1NC(=O)CNCc1cccc(C)c1. The lowest BCUT2D eigenvalue weighted by Gasteiger charge is -2.12. The molecule has 0 unspecified atom stereocenters. The van der Waals surface area contributed by atoms with Crippen LogP contribution < -0.4 is 10.6 Å². The minimum Gasteiger partial charge on any atom is -0.465 e. The van der Waals surface area contributed by atoms with E-state index in [2.05, 4.69) is 16.7 Å². The first-order chi connectivity index (χ1) is 12.0. The molecule has 2 aromatic rings. The molecule has 2 rings (SSSR count). The van der Waals surface area contributed by atoms with Crippen LogP contribution in [0, 0.1) is 6.92 Å². The van der Waals surface area contributed by atoms with Gasteiger partial charge >= 0.3 is 5.97 Å². The Bertz CT molecular complexity index is 756. The van der Waals surface area contributed by atoms with Crippen LogP contribution in [0.15, 0.2) is 42.5 Å². The molecule has 0 saturated carbocycles. The number of amides is 1. The number of aryl methyl sites for hydroxylation is 2. The van der Waals surface area contributed by atoms with Crippen molar-refractivity contribution in [3.05, 3.63) is 64.7 Å². The van der Waals surface area contributed by atoms with E-state index in [0.29, 0.717) is 17.8 Å². The fourth-order valence-electron chi connectivity index (χ4n) is 2.58. The van der Waals surface area contributed by atoms with Crippen LogP contribution in [-0.4, -0.2) is 25.5 Å². The number of ether oxygens (including phenoxy) is 1. The summed E-state index contributed by atoms with van der Waals surface area (Å²) in [6.45, 7) is 4.85. The van der Waals surface area contributed by atoms with Crippen LogP contribution in [0.5, 0.6) is 0 Å². The largest absolute Gasteiger partial charge is 0.465 e. The Balaban J connectivity index is 1.96. The Morgan fingerprint density at radius 2 is 1.92 bits per heavy atom. The van der Waals surface area contributed by atoms with Crippen LogP contribution in [0.25, 0.3) is 0 Å². The van der Waals surface area contributed by atoms with Gasteiger partial charge in [0.2, 0.25) is 5.91 Å². The molecular formula is C20H24N2O3. The summed E-state index contributed by atoms with van der Waals surface area (Å²) in [7, 11) is 1.34. The normalized spacial score (nSPS) is 10.4. The number of nitrogens with one attached hydrogen (secondary N) is 2. The molecule has 1 amide bonds. The zero-order chi connectivity index (χ0) is 18.2. The predicted octanol–water partition coefficient (Wildman–Crippen LogP) is 3.07. The Hall–Kier alpha value is -2.66. The van der Waals surface area contributed by atoms with Crippen LogP contribution in [0.4, 0.5) is 5.69 Å². The molecule has 0 radical (unpaired) electrons. The van der Waals surface area contributed by atoms with Gasteiger partial charge in [-0.1, -0.05) is 42.8 Å². The van der Waals surface area contributed by atoms with Gasteiger partial charge in [-0.05, 0) is 36.6 Å². The molecule has 2 aromatic carbocycles. The van der Waals surface area contributed by atoms with Crippen LogP contribution in [0.1, 0.15) is 34.0 Å². The summed E-state index contributed by atoms with van der Waals surface area (Å²) >= 11 is 0. The van der Waals surface area contributed by atoms with Crippen molar-refractivity contribution in [3.63, 3.8) is 0 Å². The van der Waals surface area contributed by atoms with Crippen molar-refractivity contribution in [2.45, 2.75) is 26.8 Å². The first kappa shape index (κ1) is 18.7. The average molecular weight is 340 g/mol. The van der Waals surface area contributed by atoms with Crippen molar-refractivity contribution in [2.75, 3.05) is 19.0 Å². The fourth-order valence-corrected chi connectivity index (χ4v) is 2.58. The minimum absolute atomic E-state index is 0.149. The monoisotopic (exact) mass is 340 g/mol. The molecule has 0 spiro atoms. The highest BCUT2D eigenvalue weighted by Gasteiger charge is 2.11. The third kappa shape index (κ3) is 5.43. The first-order valence-corrected chi connectivity index (χ1v) is 8.30. The molecule has 0 atom stereocenters. The van der Waals surface area contributed by atoms with E-state index >= 15 is 0 Å². The van der Waals surface area contributed by atoms with Crippen LogP contribution >= 0.6 is 0 Å². The van der Waals surface area contributed by atoms with Gasteiger partial charge in [0, 0.05) is 12.2 Å². The molecule has 0 saturated heterocycles. The Labute approximate surface area is 148 Å². The van der Waals surface area contributed by atoms with Gasteiger partial charge in [-0.3, -0.25) is 4.79 Å². The van der Waals surface area contributed by atoms with E-state index in [0.717, 1.165) is 17.5 Å². The summed E-state index contributed by atoms with van der Waals surface area (Å²) in [6.07, 6.45) is 0.758. The number of hydrogen-bond acceptors (Lipinski definition) is 4. The topological polar surface area (TPSA) is 67.4 Å². The third-order valence-corrected chi connectivity index (χ3v) is 3.88. The highest BCUT2D eigenvalue weighted by molar-refractivity contribution is 5.96. The summed E-state index contributed by atoms with van der Waals surface area (Å²) < 4.78 is 4.73. The second-order valence-corrected chi connectivity index (χ2v) is 5.86. The van der Waals surface area contributed by atoms with Gasteiger partial charge in [-0.2, -0.15) is 0 Å². The second-order valence-electron chi connectivity index (χ2n) is 5.86. The zero-order valence-corrected chi connectivity index (χ0v) is 14.9. The number of anilines is 1. The van der Waals surface area contributed by atoms with E-state index in [-0.39, 0.29) is 12.5 Å². The van der Waals surface area contributed by atoms with E-state index in [1.165, 1.54) is 12.7 Å². The zero-order valence-electron chi connectivity index (χ0n) is 14.9. The predicted molar refractivity (Wildman–Crippen MR) is 98.7 cm³/mol. The Morgan fingerprint density at radius 1 is 1.12 bits per heavy atom. The lowest BCUT2D eigenvalue weighted by Crippen LogP contribution is -2.28. The maximum atomic E-state index is 12.2. The van der Waals surface area contributed by atoms with Gasteiger partial charge in [0.25, 0.3) is 0 Å². The molecule has 0 fully saturated rings. The minimum atomic E-state index is -0.421. The van der Waals surface area contributed by atoms with E-state index < -0.39 is 5.97 Å². The quantitative estimate of drug-likeness (QED) is 0.760. The molecule has 0 heterocycles. The van der Waals surface area contributed by atoms with Gasteiger partial charge in [0.05, 0.1) is 19.2 Å². The van der Waals surface area contributed by atoms with Gasteiger partial charge in [0.1, 0.15) is 0 Å². The molecule has 5 nitrogen and oxygen atoms in total. The fraction of sp³-hybridized carbons (Fsp3) is 0.300. The number of methoxy groups -OCH3 is 1. The smallest absolute Gasteiger partial charge is 0.337 e. The van der Waals surface area contributed by atoms with Crippen molar-refractivity contribution < 1.29 is 14.3 Å². The number of hydrogen-bond donors (Lipinski definition) is 2. The summed E-state index contributed by atoms with van der Waals surface area (Å²) in [5, 5.41) is 6.00. The van der Waals surface area contributed by atoms with Crippen LogP contribution in [0.3, 0.4) is 0 Å². The molecule has 25 heavy (non-hydrogen) atoms. The molecule has 0 aliphatic carbocycles. The Morgan fingerprint density at radius 3 is 2.60 bits per heavy atom. The molecule has 5 heteroatoms. The molecule has 132 valence electrons. The number of carbonyl (C=O) groups excluding carboxylic acids is 2. The van der Waals surface area contributed by atoms with Gasteiger partial charge in [-0.25, -0.2) is 4.79 Å². The molecular weight excluding hydrogens is 316 g/mol. The molecule has 0 aliphatic rings. The van der Waals surface area contributed by atoms with E-state index in [1.807, 2.05) is 38.1 Å². The van der Waals surface area contributed by atoms with E-state index in [1.54, 1.807) is 12.1 Å².